The number of aryl methyl sites for hydroxylation is 1. The van der Waals surface area contributed by atoms with E-state index in [1.165, 1.54) is 35.2 Å². The predicted octanol–water partition coefficient (Wildman–Crippen LogP) is 7.49. The first-order chi connectivity index (χ1) is 21.3. The molecular formula is C34H34F2N6O2. The van der Waals surface area contributed by atoms with Crippen LogP contribution in [-0.4, -0.2) is 47.9 Å². The average Bonchev–Trinajstić information content (AvgIpc) is 3.42. The second kappa shape index (κ2) is 12.3. The molecule has 1 aliphatic heterocycles. The first-order valence-corrected chi connectivity index (χ1v) is 14.6. The van der Waals surface area contributed by atoms with Gasteiger partial charge in [0.15, 0.2) is 5.82 Å². The Kier molecular flexibility index (Phi) is 8.17. The van der Waals surface area contributed by atoms with Gasteiger partial charge in [0.25, 0.3) is 0 Å². The summed E-state index contributed by atoms with van der Waals surface area (Å²) in [5.41, 5.74) is 10.5. The van der Waals surface area contributed by atoms with Crippen molar-refractivity contribution in [2.24, 2.45) is 5.92 Å². The zero-order valence-corrected chi connectivity index (χ0v) is 24.6. The number of hydrogen-bond donors (Lipinski definition) is 3. The fraction of sp³-hybridized carbons (Fsp3) is 0.235. The lowest BCUT2D eigenvalue weighted by molar-refractivity contribution is 0.161. The maximum atomic E-state index is 14.5. The van der Waals surface area contributed by atoms with Crippen LogP contribution in [0.3, 0.4) is 0 Å². The number of aromatic amines is 1. The van der Waals surface area contributed by atoms with Crippen LogP contribution in [0.15, 0.2) is 78.9 Å². The van der Waals surface area contributed by atoms with E-state index in [1.807, 2.05) is 31.2 Å². The molecule has 2 heterocycles. The van der Waals surface area contributed by atoms with Crippen LogP contribution in [0, 0.1) is 24.5 Å². The van der Waals surface area contributed by atoms with E-state index < -0.39 is 17.7 Å². The summed E-state index contributed by atoms with van der Waals surface area (Å²) < 4.78 is 34.5. The topological polar surface area (TPSA) is 99.5 Å². The minimum atomic E-state index is -0.596. The highest BCUT2D eigenvalue weighted by atomic mass is 19.1. The van der Waals surface area contributed by atoms with E-state index in [2.05, 4.69) is 27.5 Å². The minimum absolute atomic E-state index is 0.0506. The number of anilines is 4. The third-order valence-electron chi connectivity index (χ3n) is 8.11. The Balaban J connectivity index is 1.29. The number of nitrogens with one attached hydrogen (secondary N) is 2. The number of likely N-dealkylation sites (tertiary alicyclic amines) is 1. The van der Waals surface area contributed by atoms with Gasteiger partial charge in [-0.1, -0.05) is 18.2 Å². The molecule has 0 spiro atoms. The highest BCUT2D eigenvalue weighted by molar-refractivity contribution is 6.08. The molecule has 10 heteroatoms. The molecule has 0 bridgehead atoms. The number of aromatic nitrogens is 2. The number of fused-ring (bicyclic) bond motifs is 1. The molecule has 5 aromatic rings. The number of urea groups is 1. The Morgan fingerprint density at radius 1 is 1.02 bits per heavy atom. The van der Waals surface area contributed by atoms with Gasteiger partial charge in [0, 0.05) is 0 Å². The number of nitrogens with zero attached hydrogens (tertiary/aromatic N) is 3. The summed E-state index contributed by atoms with van der Waals surface area (Å²) in [6, 6.07) is 20.6. The van der Waals surface area contributed by atoms with Crippen LogP contribution in [0.25, 0.3) is 22.0 Å². The van der Waals surface area contributed by atoms with E-state index in [-0.39, 0.29) is 5.69 Å². The van der Waals surface area contributed by atoms with E-state index in [1.54, 1.807) is 24.3 Å². The highest BCUT2D eigenvalue weighted by Crippen LogP contribution is 2.38. The van der Waals surface area contributed by atoms with Crippen LogP contribution in [0.1, 0.15) is 18.4 Å². The number of rotatable bonds is 7. The number of carbonyl (C=O) groups is 1. The van der Waals surface area contributed by atoms with E-state index in [4.69, 9.17) is 10.5 Å². The number of piperidine rings is 1. The van der Waals surface area contributed by atoms with Gasteiger partial charge in [0.05, 0.1) is 29.1 Å². The number of halogens is 2. The summed E-state index contributed by atoms with van der Waals surface area (Å²) in [5, 5.41) is 10.7. The normalized spacial score (nSPS) is 14.1. The molecule has 0 radical (unpaired) electrons. The van der Waals surface area contributed by atoms with Gasteiger partial charge >= 0.3 is 6.03 Å². The molecule has 4 N–H and O–H groups in total. The number of hydrogen-bond acceptors (Lipinski definition) is 5. The van der Waals surface area contributed by atoms with Gasteiger partial charge in [-0.15, -0.1) is 0 Å². The standard InChI is InChI=1S/C34H34F2N6O2/c1-21-3-13-28(36)29(19-21)38-34(43)42(26-10-6-24(35)7-11-26)25-8-4-23(5-9-25)27-12-14-30(32-31(27)33(37)40-39-32)44-20-22-15-17-41(2)18-16-22/h3-14,19,22H,15-18,20H2,1-2H3,(H,38,43)(H3,37,39,40). The van der Waals surface area contributed by atoms with E-state index in [0.717, 1.165) is 53.5 Å². The molecule has 0 saturated carbocycles. The van der Waals surface area contributed by atoms with Crippen molar-refractivity contribution in [3.63, 3.8) is 0 Å². The fourth-order valence-electron chi connectivity index (χ4n) is 5.60. The largest absolute Gasteiger partial charge is 0.491 e. The number of nitrogen functional groups attached to an aromatic ring is 1. The van der Waals surface area contributed by atoms with E-state index in [0.29, 0.717) is 35.5 Å². The zero-order valence-electron chi connectivity index (χ0n) is 24.6. The Bertz CT molecular complexity index is 1780. The van der Waals surface area contributed by atoms with Crippen molar-refractivity contribution >= 4 is 39.8 Å². The molecule has 1 aromatic heterocycles. The summed E-state index contributed by atoms with van der Waals surface area (Å²) in [4.78, 5) is 17.2. The van der Waals surface area contributed by atoms with E-state index in [9.17, 15) is 13.6 Å². The van der Waals surface area contributed by atoms with Crippen LogP contribution < -0.4 is 20.7 Å². The molecular weight excluding hydrogens is 562 g/mol. The lowest BCUT2D eigenvalue weighted by Crippen LogP contribution is -2.32. The molecule has 44 heavy (non-hydrogen) atoms. The monoisotopic (exact) mass is 596 g/mol. The van der Waals surface area contributed by atoms with E-state index >= 15 is 0 Å². The van der Waals surface area contributed by atoms with Gasteiger partial charge < -0.3 is 20.7 Å². The van der Waals surface area contributed by atoms with Gasteiger partial charge in [-0.05, 0) is 123 Å². The number of H-pyrrole nitrogens is 1. The summed E-state index contributed by atoms with van der Waals surface area (Å²) in [6.07, 6.45) is 2.20. The number of benzene rings is 4. The minimum Gasteiger partial charge on any atom is -0.491 e. The number of nitrogens with two attached hydrogens (primary N) is 1. The van der Waals surface area contributed by atoms with Crippen molar-refractivity contribution in [1.82, 2.24) is 15.1 Å². The summed E-state index contributed by atoms with van der Waals surface area (Å²) in [5.74, 6) is 0.563. The lowest BCUT2D eigenvalue weighted by Gasteiger charge is -2.28. The molecule has 2 amide bonds. The molecule has 8 nitrogen and oxygen atoms in total. The summed E-state index contributed by atoms with van der Waals surface area (Å²) in [6.45, 7) is 4.57. The van der Waals surface area contributed by atoms with Gasteiger partial charge in [-0.25, -0.2) is 13.6 Å². The molecule has 1 aliphatic rings. The van der Waals surface area contributed by atoms with Crippen LogP contribution in [0.4, 0.5) is 36.5 Å². The molecule has 0 unspecified atom stereocenters. The number of ether oxygens (including phenoxy) is 1. The first kappa shape index (κ1) is 29.1. The van der Waals surface area contributed by atoms with Gasteiger partial charge in [0.1, 0.15) is 22.9 Å². The molecule has 226 valence electrons. The van der Waals surface area contributed by atoms with Crippen molar-refractivity contribution in [2.75, 3.05) is 42.7 Å². The Morgan fingerprint density at radius 2 is 1.70 bits per heavy atom. The van der Waals surface area contributed by atoms with Crippen molar-refractivity contribution in [3.8, 4) is 16.9 Å². The van der Waals surface area contributed by atoms with Crippen molar-refractivity contribution in [1.29, 1.82) is 0 Å². The Labute approximate surface area is 254 Å². The third kappa shape index (κ3) is 6.07. The van der Waals surface area contributed by atoms with Crippen LogP contribution in [0.2, 0.25) is 0 Å². The maximum Gasteiger partial charge on any atom is 0.331 e. The molecule has 6 rings (SSSR count). The number of amides is 2. The van der Waals surface area contributed by atoms with Crippen LogP contribution in [-0.2, 0) is 0 Å². The van der Waals surface area contributed by atoms with Crippen LogP contribution in [0.5, 0.6) is 5.75 Å². The Hall–Kier alpha value is -4.96. The molecule has 0 atom stereocenters. The highest BCUT2D eigenvalue weighted by Gasteiger charge is 2.22. The summed E-state index contributed by atoms with van der Waals surface area (Å²) >= 11 is 0. The van der Waals surface area contributed by atoms with Gasteiger partial charge in [-0.3, -0.25) is 10.00 Å². The molecule has 1 saturated heterocycles. The number of carbonyl (C=O) groups excluding carboxylic acids is 1. The summed E-state index contributed by atoms with van der Waals surface area (Å²) in [7, 11) is 2.14. The van der Waals surface area contributed by atoms with Gasteiger partial charge in [0.2, 0.25) is 0 Å². The van der Waals surface area contributed by atoms with Crippen molar-refractivity contribution in [2.45, 2.75) is 19.8 Å². The lowest BCUT2D eigenvalue weighted by atomic mass is 9.98. The molecule has 1 fully saturated rings. The van der Waals surface area contributed by atoms with Gasteiger partial charge in [-0.2, -0.15) is 5.10 Å². The quantitative estimate of drug-likeness (QED) is 0.181. The molecule has 4 aromatic carbocycles. The SMILES string of the molecule is Cc1ccc(F)c(NC(=O)N(c2ccc(F)cc2)c2ccc(-c3ccc(OCC4CCN(C)CC4)c4[nH]nc(N)c34)cc2)c1. The van der Waals surface area contributed by atoms with Crippen molar-refractivity contribution < 1.29 is 18.3 Å². The third-order valence-corrected chi connectivity index (χ3v) is 8.11. The van der Waals surface area contributed by atoms with Crippen molar-refractivity contribution in [3.05, 3.63) is 96.1 Å². The van der Waals surface area contributed by atoms with Crippen LogP contribution >= 0.6 is 0 Å². The first-order valence-electron chi connectivity index (χ1n) is 14.6. The second-order valence-electron chi connectivity index (χ2n) is 11.3. The fourth-order valence-corrected chi connectivity index (χ4v) is 5.60. The Morgan fingerprint density at radius 3 is 2.41 bits per heavy atom. The smallest absolute Gasteiger partial charge is 0.331 e. The second-order valence-corrected chi connectivity index (χ2v) is 11.3. The molecule has 0 aliphatic carbocycles. The average molecular weight is 597 g/mol. The zero-order chi connectivity index (χ0) is 30.8. The maximum absolute atomic E-state index is 14.5. The predicted molar refractivity (Wildman–Crippen MR) is 170 cm³/mol.